The van der Waals surface area contributed by atoms with Crippen molar-refractivity contribution in [3.63, 3.8) is 0 Å². The predicted octanol–water partition coefficient (Wildman–Crippen LogP) is 2.64. The molecule has 1 aromatic carbocycles. The minimum absolute atomic E-state index is 0.585. The Morgan fingerprint density at radius 1 is 1.05 bits per heavy atom. The molecule has 0 amide bonds. The Morgan fingerprint density at radius 2 is 1.74 bits per heavy atom. The van der Waals surface area contributed by atoms with E-state index in [4.69, 9.17) is 9.47 Å². The summed E-state index contributed by atoms with van der Waals surface area (Å²) in [5.41, 5.74) is 2.64. The van der Waals surface area contributed by atoms with E-state index in [1.807, 2.05) is 7.05 Å². The molecule has 0 aromatic heterocycles. The second kappa shape index (κ2) is 9.96. The summed E-state index contributed by atoms with van der Waals surface area (Å²) in [4.78, 5) is 0. The molecule has 0 saturated carbocycles. The van der Waals surface area contributed by atoms with E-state index in [1.54, 1.807) is 0 Å². The van der Waals surface area contributed by atoms with Gasteiger partial charge in [-0.3, -0.25) is 0 Å². The van der Waals surface area contributed by atoms with Crippen LogP contribution in [0.25, 0.3) is 0 Å². The van der Waals surface area contributed by atoms with Crippen molar-refractivity contribution < 1.29 is 9.47 Å². The van der Waals surface area contributed by atoms with Gasteiger partial charge in [-0.1, -0.05) is 38.1 Å². The third-order valence-corrected chi connectivity index (χ3v) is 2.84. The number of likely N-dealkylation sites (N-methyl/N-ethyl adjacent to an activating group) is 1. The molecule has 1 N–H and O–H groups in total. The first kappa shape index (κ1) is 16.2. The number of ether oxygens (including phenoxy) is 2. The fourth-order valence-electron chi connectivity index (χ4n) is 1.82. The van der Waals surface area contributed by atoms with Gasteiger partial charge in [0, 0.05) is 6.61 Å². The zero-order valence-electron chi connectivity index (χ0n) is 12.4. The number of benzene rings is 1. The highest BCUT2D eigenvalue weighted by molar-refractivity contribution is 5.26. The lowest BCUT2D eigenvalue weighted by atomic mass is 10.1. The number of hydrogen-bond donors (Lipinski definition) is 1. The van der Waals surface area contributed by atoms with Gasteiger partial charge in [-0.15, -0.1) is 0 Å². The summed E-state index contributed by atoms with van der Waals surface area (Å²) in [7, 11) is 1.98. The van der Waals surface area contributed by atoms with E-state index in [-0.39, 0.29) is 0 Å². The van der Waals surface area contributed by atoms with Gasteiger partial charge in [0.1, 0.15) is 0 Å². The van der Waals surface area contributed by atoms with Gasteiger partial charge in [-0.25, -0.2) is 0 Å². The van der Waals surface area contributed by atoms with Gasteiger partial charge >= 0.3 is 0 Å². The molecule has 19 heavy (non-hydrogen) atoms. The van der Waals surface area contributed by atoms with Crippen molar-refractivity contribution in [2.75, 3.05) is 33.4 Å². The maximum absolute atomic E-state index is 5.68. The summed E-state index contributed by atoms with van der Waals surface area (Å²) in [6.45, 7) is 8.11. The molecule has 3 nitrogen and oxygen atoms in total. The Hall–Kier alpha value is -0.900. The highest BCUT2D eigenvalue weighted by atomic mass is 16.5. The minimum Gasteiger partial charge on any atom is -0.379 e. The summed E-state index contributed by atoms with van der Waals surface area (Å²) >= 11 is 0. The van der Waals surface area contributed by atoms with Crippen molar-refractivity contribution in [3.05, 3.63) is 35.4 Å². The second-order valence-electron chi connectivity index (χ2n) is 5.14. The van der Waals surface area contributed by atoms with Crippen LogP contribution in [-0.4, -0.2) is 33.4 Å². The largest absolute Gasteiger partial charge is 0.379 e. The second-order valence-corrected chi connectivity index (χ2v) is 5.14. The molecule has 1 rings (SSSR count). The van der Waals surface area contributed by atoms with Crippen molar-refractivity contribution in [1.29, 1.82) is 0 Å². The number of rotatable bonds is 10. The summed E-state index contributed by atoms with van der Waals surface area (Å²) in [6, 6.07) is 8.46. The lowest BCUT2D eigenvalue weighted by molar-refractivity contribution is 0.0312. The first-order valence-corrected chi connectivity index (χ1v) is 7.11. The van der Waals surface area contributed by atoms with E-state index in [2.05, 4.69) is 43.4 Å². The van der Waals surface area contributed by atoms with Crippen LogP contribution in [0.1, 0.15) is 25.0 Å². The van der Waals surface area contributed by atoms with Gasteiger partial charge in [0.05, 0.1) is 19.8 Å². The number of hydrogen-bond acceptors (Lipinski definition) is 3. The molecule has 0 spiro atoms. The fraction of sp³-hybridized carbons (Fsp3) is 0.625. The minimum atomic E-state index is 0.585. The quantitative estimate of drug-likeness (QED) is 0.660. The Kier molecular flexibility index (Phi) is 8.47. The van der Waals surface area contributed by atoms with Crippen molar-refractivity contribution in [2.45, 2.75) is 26.9 Å². The first-order chi connectivity index (χ1) is 9.24. The topological polar surface area (TPSA) is 30.5 Å². The normalized spacial score (nSPS) is 11.2. The lowest BCUT2D eigenvalue weighted by Gasteiger charge is -2.11. The maximum Gasteiger partial charge on any atom is 0.0720 e. The van der Waals surface area contributed by atoms with Crippen LogP contribution in [0.15, 0.2) is 24.3 Å². The number of nitrogens with one attached hydrogen (secondary N) is 1. The molecule has 1 aromatic rings. The summed E-state index contributed by atoms with van der Waals surface area (Å²) in [5, 5.41) is 3.18. The van der Waals surface area contributed by atoms with Crippen LogP contribution in [0.5, 0.6) is 0 Å². The molecule has 0 aliphatic carbocycles. The molecular formula is C16H27NO2. The van der Waals surface area contributed by atoms with Gasteiger partial charge in [-0.05, 0) is 37.1 Å². The standard InChI is InChI=1S/C16H27NO2/c1-14(2)12-18-10-11-19-13-16-7-5-4-6-15(16)8-9-17-3/h4-7,14,17H,8-13H2,1-3H3. The molecular weight excluding hydrogens is 238 g/mol. The van der Waals surface area contributed by atoms with Gasteiger partial charge in [0.25, 0.3) is 0 Å². The molecule has 3 heteroatoms. The smallest absolute Gasteiger partial charge is 0.0720 e. The Bertz CT molecular complexity index is 339. The average molecular weight is 265 g/mol. The van der Waals surface area contributed by atoms with Crippen LogP contribution >= 0.6 is 0 Å². The van der Waals surface area contributed by atoms with E-state index in [0.717, 1.165) is 19.6 Å². The molecule has 0 fully saturated rings. The summed E-state index contributed by atoms with van der Waals surface area (Å²) < 4.78 is 11.2. The monoisotopic (exact) mass is 265 g/mol. The molecule has 0 aliphatic heterocycles. The van der Waals surface area contributed by atoms with E-state index < -0.39 is 0 Å². The Balaban J connectivity index is 2.24. The van der Waals surface area contributed by atoms with Gasteiger partial charge in [0.15, 0.2) is 0 Å². The van der Waals surface area contributed by atoms with E-state index >= 15 is 0 Å². The maximum atomic E-state index is 5.68. The van der Waals surface area contributed by atoms with Crippen molar-refractivity contribution >= 4 is 0 Å². The molecule has 0 radical (unpaired) electrons. The van der Waals surface area contributed by atoms with Crippen molar-refractivity contribution in [3.8, 4) is 0 Å². The highest BCUT2D eigenvalue weighted by Crippen LogP contribution is 2.10. The SMILES string of the molecule is CNCCc1ccccc1COCCOCC(C)C. The first-order valence-electron chi connectivity index (χ1n) is 7.11. The van der Waals surface area contributed by atoms with Crippen LogP contribution in [0, 0.1) is 5.92 Å². The molecule has 0 heterocycles. The predicted molar refractivity (Wildman–Crippen MR) is 79.4 cm³/mol. The van der Waals surface area contributed by atoms with Gasteiger partial charge < -0.3 is 14.8 Å². The Morgan fingerprint density at radius 3 is 2.42 bits per heavy atom. The molecule has 0 aliphatic rings. The molecule has 0 bridgehead atoms. The van der Waals surface area contributed by atoms with Crippen LogP contribution < -0.4 is 5.32 Å². The average Bonchev–Trinajstić information content (AvgIpc) is 2.41. The highest BCUT2D eigenvalue weighted by Gasteiger charge is 2.01. The lowest BCUT2D eigenvalue weighted by Crippen LogP contribution is -2.12. The van der Waals surface area contributed by atoms with E-state index in [9.17, 15) is 0 Å². The van der Waals surface area contributed by atoms with Crippen LogP contribution in [0.2, 0.25) is 0 Å². The molecule has 0 saturated heterocycles. The Labute approximate surface area is 117 Å². The van der Waals surface area contributed by atoms with Crippen LogP contribution in [-0.2, 0) is 22.5 Å². The third-order valence-electron chi connectivity index (χ3n) is 2.84. The zero-order chi connectivity index (χ0) is 13.9. The fourth-order valence-corrected chi connectivity index (χ4v) is 1.82. The summed E-state index contributed by atoms with van der Waals surface area (Å²) in [5.74, 6) is 0.585. The van der Waals surface area contributed by atoms with Crippen LogP contribution in [0.4, 0.5) is 0 Å². The third kappa shape index (κ3) is 7.31. The molecule has 0 unspecified atom stereocenters. The molecule has 108 valence electrons. The van der Waals surface area contributed by atoms with Crippen LogP contribution in [0.3, 0.4) is 0 Å². The zero-order valence-corrected chi connectivity index (χ0v) is 12.4. The van der Waals surface area contributed by atoms with Crippen molar-refractivity contribution in [1.82, 2.24) is 5.32 Å². The van der Waals surface area contributed by atoms with Crippen molar-refractivity contribution in [2.24, 2.45) is 5.92 Å². The van der Waals surface area contributed by atoms with E-state index in [1.165, 1.54) is 11.1 Å². The van der Waals surface area contributed by atoms with Gasteiger partial charge in [-0.2, -0.15) is 0 Å². The van der Waals surface area contributed by atoms with Gasteiger partial charge in [0.2, 0.25) is 0 Å². The summed E-state index contributed by atoms with van der Waals surface area (Å²) in [6.07, 6.45) is 1.04. The molecule has 0 atom stereocenters. The van der Waals surface area contributed by atoms with E-state index in [0.29, 0.717) is 25.7 Å².